The highest BCUT2D eigenvalue weighted by atomic mass is 35.5. The summed E-state index contributed by atoms with van der Waals surface area (Å²) in [6.07, 6.45) is 0. The molecule has 0 unspecified atom stereocenters. The highest BCUT2D eigenvalue weighted by Crippen LogP contribution is 2.21. The average molecular weight is 322 g/mol. The van der Waals surface area contributed by atoms with Gasteiger partial charge >= 0.3 is 0 Å². The summed E-state index contributed by atoms with van der Waals surface area (Å²) in [4.78, 5) is 12.2. The third kappa shape index (κ3) is 3.64. The van der Waals surface area contributed by atoms with Gasteiger partial charge in [0, 0.05) is 12.1 Å². The van der Waals surface area contributed by atoms with Gasteiger partial charge in [-0.05, 0) is 54.8 Å². The zero-order chi connectivity index (χ0) is 16.3. The van der Waals surface area contributed by atoms with Crippen molar-refractivity contribution in [3.05, 3.63) is 69.0 Å². The monoisotopic (exact) mass is 321 g/mol. The minimum absolute atomic E-state index is 0.205. The number of nitrogens with one attached hydrogen (secondary N) is 1. The van der Waals surface area contributed by atoms with E-state index in [2.05, 4.69) is 5.32 Å². The summed E-state index contributed by atoms with van der Waals surface area (Å²) in [7, 11) is 0. The Morgan fingerprint density at radius 2 is 1.91 bits per heavy atom. The van der Waals surface area contributed by atoms with Crippen molar-refractivity contribution in [2.24, 2.45) is 0 Å². The number of rotatable bonds is 4. The SMILES string of the molecule is Cc1cc(Cl)c(C(=O)NCc2ccc(F)c(CO)c2)cc1C. The Morgan fingerprint density at radius 1 is 1.23 bits per heavy atom. The van der Waals surface area contributed by atoms with E-state index in [4.69, 9.17) is 16.7 Å². The predicted octanol–water partition coefficient (Wildman–Crippen LogP) is 3.52. The van der Waals surface area contributed by atoms with Crippen LogP contribution in [0, 0.1) is 19.7 Å². The van der Waals surface area contributed by atoms with Gasteiger partial charge in [0.2, 0.25) is 0 Å². The molecule has 2 aromatic rings. The van der Waals surface area contributed by atoms with Gasteiger partial charge in [-0.1, -0.05) is 17.7 Å². The number of hydrogen-bond acceptors (Lipinski definition) is 2. The summed E-state index contributed by atoms with van der Waals surface area (Å²) >= 11 is 6.10. The van der Waals surface area contributed by atoms with E-state index in [1.807, 2.05) is 13.8 Å². The first-order chi connectivity index (χ1) is 10.4. The van der Waals surface area contributed by atoms with Gasteiger partial charge in [0.05, 0.1) is 17.2 Å². The molecule has 3 nitrogen and oxygen atoms in total. The van der Waals surface area contributed by atoms with E-state index in [1.54, 1.807) is 18.2 Å². The summed E-state index contributed by atoms with van der Waals surface area (Å²) < 4.78 is 13.3. The van der Waals surface area contributed by atoms with Crippen molar-refractivity contribution in [2.75, 3.05) is 0 Å². The Bertz CT molecular complexity index is 716. The average Bonchev–Trinajstić information content (AvgIpc) is 2.49. The van der Waals surface area contributed by atoms with Gasteiger partial charge < -0.3 is 10.4 Å². The van der Waals surface area contributed by atoms with E-state index in [0.717, 1.165) is 11.1 Å². The highest BCUT2D eigenvalue weighted by molar-refractivity contribution is 6.33. The first-order valence-corrected chi connectivity index (χ1v) is 7.23. The van der Waals surface area contributed by atoms with E-state index in [0.29, 0.717) is 16.1 Å². The molecule has 0 aromatic heterocycles. The second kappa shape index (κ2) is 6.90. The molecule has 2 rings (SSSR count). The van der Waals surface area contributed by atoms with Crippen LogP contribution in [0.1, 0.15) is 32.6 Å². The molecule has 0 saturated heterocycles. The quantitative estimate of drug-likeness (QED) is 0.905. The molecule has 0 aliphatic rings. The molecular formula is C17H17ClFNO2. The number of benzene rings is 2. The van der Waals surface area contributed by atoms with Crippen LogP contribution in [0.2, 0.25) is 5.02 Å². The number of carbonyl (C=O) groups is 1. The fourth-order valence-electron chi connectivity index (χ4n) is 2.09. The Labute approximate surface area is 133 Å². The minimum atomic E-state index is -0.463. The summed E-state index contributed by atoms with van der Waals surface area (Å²) in [5, 5.41) is 12.2. The van der Waals surface area contributed by atoms with E-state index < -0.39 is 5.82 Å². The lowest BCUT2D eigenvalue weighted by atomic mass is 10.1. The topological polar surface area (TPSA) is 49.3 Å². The molecule has 0 fully saturated rings. The lowest BCUT2D eigenvalue weighted by Gasteiger charge is -2.10. The van der Waals surface area contributed by atoms with Crippen molar-refractivity contribution in [2.45, 2.75) is 27.0 Å². The van der Waals surface area contributed by atoms with Gasteiger partial charge in [0.25, 0.3) is 5.91 Å². The Hall–Kier alpha value is -1.91. The number of halogens is 2. The van der Waals surface area contributed by atoms with E-state index in [9.17, 15) is 9.18 Å². The van der Waals surface area contributed by atoms with E-state index in [-0.39, 0.29) is 24.6 Å². The molecule has 5 heteroatoms. The molecule has 1 amide bonds. The molecule has 2 aromatic carbocycles. The van der Waals surface area contributed by atoms with Gasteiger partial charge in [-0.3, -0.25) is 4.79 Å². The highest BCUT2D eigenvalue weighted by Gasteiger charge is 2.12. The zero-order valence-corrected chi connectivity index (χ0v) is 13.2. The van der Waals surface area contributed by atoms with Gasteiger partial charge in [0.15, 0.2) is 0 Å². The third-order valence-electron chi connectivity index (χ3n) is 3.56. The van der Waals surface area contributed by atoms with Crippen LogP contribution >= 0.6 is 11.6 Å². The smallest absolute Gasteiger partial charge is 0.253 e. The number of aliphatic hydroxyl groups excluding tert-OH is 1. The maximum Gasteiger partial charge on any atom is 0.253 e. The van der Waals surface area contributed by atoms with Gasteiger partial charge in [-0.25, -0.2) is 4.39 Å². The number of carbonyl (C=O) groups excluding carboxylic acids is 1. The van der Waals surface area contributed by atoms with Crippen LogP contribution in [0.25, 0.3) is 0 Å². The second-order valence-electron chi connectivity index (χ2n) is 5.18. The second-order valence-corrected chi connectivity index (χ2v) is 5.59. The van der Waals surface area contributed by atoms with Crippen LogP contribution in [0.3, 0.4) is 0 Å². The van der Waals surface area contributed by atoms with Crippen LogP contribution in [-0.2, 0) is 13.2 Å². The fraction of sp³-hybridized carbons (Fsp3) is 0.235. The van der Waals surface area contributed by atoms with Crippen LogP contribution < -0.4 is 5.32 Å². The molecule has 0 aliphatic carbocycles. The Balaban J connectivity index is 2.12. The number of aryl methyl sites for hydroxylation is 2. The standard InChI is InChI=1S/C17H17ClFNO2/c1-10-5-14(15(18)6-11(10)2)17(22)20-8-12-3-4-16(19)13(7-12)9-21/h3-7,21H,8-9H2,1-2H3,(H,20,22). The van der Waals surface area contributed by atoms with Crippen molar-refractivity contribution in [3.63, 3.8) is 0 Å². The Kier molecular flexibility index (Phi) is 5.16. The van der Waals surface area contributed by atoms with E-state index >= 15 is 0 Å². The van der Waals surface area contributed by atoms with Gasteiger partial charge in [-0.15, -0.1) is 0 Å². The largest absolute Gasteiger partial charge is 0.392 e. The van der Waals surface area contributed by atoms with Crippen LogP contribution in [0.4, 0.5) is 4.39 Å². The van der Waals surface area contributed by atoms with Crippen molar-refractivity contribution in [1.82, 2.24) is 5.32 Å². The van der Waals surface area contributed by atoms with Crippen LogP contribution in [0.15, 0.2) is 30.3 Å². The van der Waals surface area contributed by atoms with Crippen molar-refractivity contribution in [3.8, 4) is 0 Å². The molecule has 22 heavy (non-hydrogen) atoms. The molecule has 116 valence electrons. The fourth-order valence-corrected chi connectivity index (χ4v) is 2.40. The van der Waals surface area contributed by atoms with Crippen LogP contribution in [0.5, 0.6) is 0 Å². The molecular weight excluding hydrogens is 305 g/mol. The molecule has 2 N–H and O–H groups in total. The van der Waals surface area contributed by atoms with Crippen LogP contribution in [-0.4, -0.2) is 11.0 Å². The third-order valence-corrected chi connectivity index (χ3v) is 3.87. The summed E-state index contributed by atoms with van der Waals surface area (Å²) in [6.45, 7) is 3.69. The summed E-state index contributed by atoms with van der Waals surface area (Å²) in [5.41, 5.74) is 3.33. The van der Waals surface area contributed by atoms with E-state index in [1.165, 1.54) is 12.1 Å². The van der Waals surface area contributed by atoms with Crippen molar-refractivity contribution in [1.29, 1.82) is 0 Å². The lowest BCUT2D eigenvalue weighted by Crippen LogP contribution is -2.23. The van der Waals surface area contributed by atoms with Gasteiger partial charge in [-0.2, -0.15) is 0 Å². The number of hydrogen-bond donors (Lipinski definition) is 2. The molecule has 0 aliphatic heterocycles. The number of aliphatic hydroxyl groups is 1. The summed E-state index contributed by atoms with van der Waals surface area (Å²) in [6, 6.07) is 7.87. The molecule has 0 bridgehead atoms. The first kappa shape index (κ1) is 16.5. The minimum Gasteiger partial charge on any atom is -0.392 e. The molecule has 0 heterocycles. The number of amides is 1. The normalized spacial score (nSPS) is 10.6. The van der Waals surface area contributed by atoms with Crippen molar-refractivity contribution < 1.29 is 14.3 Å². The zero-order valence-electron chi connectivity index (χ0n) is 12.4. The lowest BCUT2D eigenvalue weighted by molar-refractivity contribution is 0.0951. The molecule has 0 radical (unpaired) electrons. The molecule has 0 spiro atoms. The Morgan fingerprint density at radius 3 is 2.59 bits per heavy atom. The maximum absolute atomic E-state index is 13.3. The summed E-state index contributed by atoms with van der Waals surface area (Å²) in [5.74, 6) is -0.752. The van der Waals surface area contributed by atoms with Crippen molar-refractivity contribution >= 4 is 17.5 Å². The first-order valence-electron chi connectivity index (χ1n) is 6.85. The maximum atomic E-state index is 13.3. The predicted molar refractivity (Wildman–Crippen MR) is 84.4 cm³/mol. The molecule has 0 atom stereocenters. The van der Waals surface area contributed by atoms with Gasteiger partial charge in [0.1, 0.15) is 5.82 Å². The molecule has 0 saturated carbocycles.